The van der Waals surface area contributed by atoms with E-state index in [1.54, 1.807) is 29.0 Å². The Morgan fingerprint density at radius 2 is 1.27 bits per heavy atom. The van der Waals surface area contributed by atoms with E-state index in [9.17, 15) is 4.79 Å². The maximum atomic E-state index is 13.8. The first-order valence-electron chi connectivity index (χ1n) is 10.4. The minimum Gasteiger partial charge on any atom is -0.448 e. The minimum atomic E-state index is -0.264. The first kappa shape index (κ1) is 19.3. The maximum Gasteiger partial charge on any atom is 0.270 e. The molecule has 0 bridgehead atoms. The Hall–Kier alpha value is -4.36. The molecule has 0 fully saturated rings. The molecule has 0 saturated heterocycles. The van der Waals surface area contributed by atoms with E-state index >= 15 is 0 Å². The molecular formula is C26H17N3O3S. The van der Waals surface area contributed by atoms with Crippen molar-refractivity contribution in [1.82, 2.24) is 13.7 Å². The van der Waals surface area contributed by atoms with Crippen LogP contribution in [0.2, 0.25) is 0 Å². The van der Waals surface area contributed by atoms with Crippen molar-refractivity contribution in [2.75, 3.05) is 0 Å². The van der Waals surface area contributed by atoms with Crippen LogP contribution in [0.4, 0.5) is 0 Å². The van der Waals surface area contributed by atoms with Gasteiger partial charge in [-0.2, -0.15) is 0 Å². The fraction of sp³-hybridized carbons (Fsp3) is 0. The first-order chi connectivity index (χ1) is 16.2. The number of hydrogen-bond donors (Lipinski definition) is 0. The molecule has 2 aromatic carbocycles. The maximum absolute atomic E-state index is 13.8. The molecule has 0 atom stereocenters. The van der Waals surface area contributed by atoms with Gasteiger partial charge in [-0.25, -0.2) is 9.13 Å². The van der Waals surface area contributed by atoms with Crippen molar-refractivity contribution in [2.24, 2.45) is 0 Å². The second-order valence-electron chi connectivity index (χ2n) is 7.46. The summed E-state index contributed by atoms with van der Waals surface area (Å²) in [6.45, 7) is 0. The van der Waals surface area contributed by atoms with Crippen LogP contribution in [0.1, 0.15) is 0 Å². The molecule has 33 heavy (non-hydrogen) atoms. The van der Waals surface area contributed by atoms with Gasteiger partial charge in [0, 0.05) is 17.8 Å². The monoisotopic (exact) mass is 451 g/mol. The quantitative estimate of drug-likeness (QED) is 0.302. The van der Waals surface area contributed by atoms with Gasteiger partial charge in [0.05, 0.1) is 23.6 Å². The lowest BCUT2D eigenvalue weighted by Gasteiger charge is -2.16. The lowest BCUT2D eigenvalue weighted by atomic mass is 10.1. The summed E-state index contributed by atoms with van der Waals surface area (Å²) in [5.41, 5.74) is 3.09. The normalized spacial score (nSPS) is 11.3. The molecule has 6 nitrogen and oxygen atoms in total. The molecule has 4 aromatic heterocycles. The number of fused-ring (bicyclic) bond motifs is 1. The van der Waals surface area contributed by atoms with Gasteiger partial charge in [-0.1, -0.05) is 48.5 Å². The Morgan fingerprint density at radius 3 is 1.88 bits per heavy atom. The molecule has 0 aliphatic rings. The molecule has 0 aliphatic carbocycles. The van der Waals surface area contributed by atoms with Gasteiger partial charge >= 0.3 is 0 Å². The van der Waals surface area contributed by atoms with Crippen molar-refractivity contribution in [3.63, 3.8) is 0 Å². The van der Waals surface area contributed by atoms with E-state index in [2.05, 4.69) is 0 Å². The largest absolute Gasteiger partial charge is 0.448 e. The van der Waals surface area contributed by atoms with E-state index in [1.807, 2.05) is 77.4 Å². The number of para-hydroxylation sites is 1. The molecule has 0 amide bonds. The molecule has 0 N–H and O–H groups in total. The summed E-state index contributed by atoms with van der Waals surface area (Å²) in [5.74, 6) is 0.848. The van der Waals surface area contributed by atoms with Gasteiger partial charge in [-0.3, -0.25) is 9.36 Å². The summed E-state index contributed by atoms with van der Waals surface area (Å²) in [7, 11) is 0. The Balaban J connectivity index is 1.85. The number of nitrogens with zero attached hydrogens (tertiary/aromatic N) is 3. The van der Waals surface area contributed by atoms with Crippen molar-refractivity contribution in [1.29, 1.82) is 0 Å². The van der Waals surface area contributed by atoms with Gasteiger partial charge in [0.2, 0.25) is 11.8 Å². The standard InChI is InChI=1S/C26H17N3O3S/c30-25-20-17-21(18-9-3-1-4-10-18)27(19-11-5-2-6-12-19)24(20)28(22-13-7-15-31-22)26(33)29(25)23-14-8-16-32-23/h1-17H. The lowest BCUT2D eigenvalue weighted by molar-refractivity contribution is 0.514. The average molecular weight is 452 g/mol. The molecule has 0 radical (unpaired) electrons. The van der Waals surface area contributed by atoms with Crippen molar-refractivity contribution >= 4 is 23.3 Å². The molecule has 0 unspecified atom stereocenters. The Bertz CT molecular complexity index is 1680. The van der Waals surface area contributed by atoms with Crippen LogP contribution in [0.5, 0.6) is 0 Å². The van der Waals surface area contributed by atoms with Gasteiger partial charge in [0.15, 0.2) is 4.77 Å². The SMILES string of the molecule is O=c1c2cc(-c3ccccc3)n(-c3ccccc3)c2n(-c2ccco2)c(=S)n1-c1ccco1. The van der Waals surface area contributed by atoms with Gasteiger partial charge in [-0.05, 0) is 48.1 Å². The number of rotatable bonds is 4. The third-order valence-electron chi connectivity index (χ3n) is 5.54. The predicted octanol–water partition coefficient (Wildman–Crippen LogP) is 6.15. The molecule has 4 heterocycles. The first-order valence-corrected chi connectivity index (χ1v) is 10.8. The zero-order chi connectivity index (χ0) is 22.4. The molecule has 160 valence electrons. The summed E-state index contributed by atoms with van der Waals surface area (Å²) in [4.78, 5) is 13.8. The highest BCUT2D eigenvalue weighted by atomic mass is 32.1. The van der Waals surface area contributed by atoms with Crippen LogP contribution < -0.4 is 5.56 Å². The van der Waals surface area contributed by atoms with Crippen LogP contribution in [-0.4, -0.2) is 13.7 Å². The highest BCUT2D eigenvalue weighted by Gasteiger charge is 2.23. The Kier molecular flexibility index (Phi) is 4.48. The van der Waals surface area contributed by atoms with E-state index < -0.39 is 0 Å². The molecule has 0 saturated carbocycles. The summed E-state index contributed by atoms with van der Waals surface area (Å²) in [6.07, 6.45) is 3.10. The van der Waals surface area contributed by atoms with Crippen LogP contribution in [0.25, 0.3) is 39.7 Å². The van der Waals surface area contributed by atoms with Gasteiger partial charge < -0.3 is 8.83 Å². The van der Waals surface area contributed by atoms with Crippen molar-refractivity contribution < 1.29 is 8.83 Å². The molecule has 0 spiro atoms. The average Bonchev–Trinajstić information content (AvgIpc) is 3.62. The highest BCUT2D eigenvalue weighted by Crippen LogP contribution is 2.32. The van der Waals surface area contributed by atoms with Gasteiger partial charge in [0.25, 0.3) is 5.56 Å². The van der Waals surface area contributed by atoms with E-state index in [1.165, 1.54) is 10.8 Å². The molecule has 7 heteroatoms. The fourth-order valence-corrected chi connectivity index (χ4v) is 4.47. The van der Waals surface area contributed by atoms with Crippen LogP contribution >= 0.6 is 12.2 Å². The summed E-state index contributed by atoms with van der Waals surface area (Å²) in [5, 5.41) is 0.485. The van der Waals surface area contributed by atoms with Crippen molar-refractivity contribution in [2.45, 2.75) is 0 Å². The van der Waals surface area contributed by atoms with E-state index in [0.717, 1.165) is 16.9 Å². The fourth-order valence-electron chi connectivity index (χ4n) is 4.12. The second kappa shape index (κ2) is 7.65. The number of aromatic nitrogens is 3. The number of hydrogen-bond acceptors (Lipinski definition) is 4. The third kappa shape index (κ3) is 3.01. The summed E-state index contributed by atoms with van der Waals surface area (Å²) in [6, 6.07) is 28.8. The van der Waals surface area contributed by atoms with Crippen molar-refractivity contribution in [3.05, 3.63) is 119 Å². The van der Waals surface area contributed by atoms with E-state index in [-0.39, 0.29) is 10.3 Å². The van der Waals surface area contributed by atoms with Gasteiger partial charge in [-0.15, -0.1) is 0 Å². The molecule has 0 aliphatic heterocycles. The second-order valence-corrected chi connectivity index (χ2v) is 7.83. The third-order valence-corrected chi connectivity index (χ3v) is 5.90. The summed E-state index contributed by atoms with van der Waals surface area (Å²) < 4.78 is 16.8. The van der Waals surface area contributed by atoms with Crippen molar-refractivity contribution in [3.8, 4) is 28.7 Å². The molecule has 6 aromatic rings. The predicted molar refractivity (Wildman–Crippen MR) is 129 cm³/mol. The number of benzene rings is 2. The van der Waals surface area contributed by atoms with Crippen LogP contribution in [0.15, 0.2) is 117 Å². The van der Waals surface area contributed by atoms with E-state index in [4.69, 9.17) is 21.1 Å². The van der Waals surface area contributed by atoms with E-state index in [0.29, 0.717) is 22.8 Å². The Labute approximate surface area is 193 Å². The lowest BCUT2D eigenvalue weighted by Crippen LogP contribution is -2.23. The van der Waals surface area contributed by atoms with Crippen LogP contribution in [-0.2, 0) is 0 Å². The topological polar surface area (TPSA) is 58.1 Å². The van der Waals surface area contributed by atoms with Gasteiger partial charge in [0.1, 0.15) is 5.65 Å². The molecular weight excluding hydrogens is 434 g/mol. The minimum absolute atomic E-state index is 0.243. The number of furan rings is 2. The zero-order valence-corrected chi connectivity index (χ0v) is 18.1. The highest BCUT2D eigenvalue weighted by molar-refractivity contribution is 7.71. The smallest absolute Gasteiger partial charge is 0.270 e. The molecule has 6 rings (SSSR count). The summed E-state index contributed by atoms with van der Waals surface area (Å²) >= 11 is 5.83. The van der Waals surface area contributed by atoms with Crippen LogP contribution in [0.3, 0.4) is 0 Å². The Morgan fingerprint density at radius 1 is 0.667 bits per heavy atom. The zero-order valence-electron chi connectivity index (χ0n) is 17.3. The van der Waals surface area contributed by atoms with Crippen LogP contribution in [0, 0.1) is 4.77 Å².